The molecule has 1 aliphatic rings. The van der Waals surface area contributed by atoms with Crippen molar-refractivity contribution in [1.82, 2.24) is 24.9 Å². The number of pyridine rings is 1. The summed E-state index contributed by atoms with van der Waals surface area (Å²) in [6.07, 6.45) is 4.92. The second-order valence-electron chi connectivity index (χ2n) is 7.82. The average Bonchev–Trinajstić information content (AvgIpc) is 3.24. The first-order valence-electron chi connectivity index (χ1n) is 10.4. The minimum absolute atomic E-state index is 0.0984. The van der Waals surface area contributed by atoms with Gasteiger partial charge in [-0.15, -0.1) is 5.10 Å². The van der Waals surface area contributed by atoms with Gasteiger partial charge in [-0.25, -0.2) is 4.98 Å². The third-order valence-corrected chi connectivity index (χ3v) is 5.84. The van der Waals surface area contributed by atoms with Gasteiger partial charge in [0.25, 0.3) is 5.91 Å². The van der Waals surface area contributed by atoms with E-state index in [9.17, 15) is 4.79 Å². The van der Waals surface area contributed by atoms with Crippen LogP contribution >= 0.6 is 0 Å². The van der Waals surface area contributed by atoms with Gasteiger partial charge in [0, 0.05) is 24.8 Å². The Hall–Kier alpha value is -3.54. The third kappa shape index (κ3) is 3.68. The van der Waals surface area contributed by atoms with Gasteiger partial charge in [-0.3, -0.25) is 4.79 Å². The van der Waals surface area contributed by atoms with Gasteiger partial charge in [0.05, 0.1) is 5.69 Å². The quantitative estimate of drug-likeness (QED) is 0.524. The first-order valence-corrected chi connectivity index (χ1v) is 10.4. The molecule has 30 heavy (non-hydrogen) atoms. The number of carbonyl (C=O) groups excluding carboxylic acids is 1. The molecule has 0 atom stereocenters. The standard InChI is InChI=1S/C24H23N5O/c30-24(28-15-12-19(13-16-28)17-18-5-2-1-3-6-18)20-8-10-21(11-9-20)29-23-22(26-27-29)7-4-14-25-23/h1-11,14,19H,12-13,15-17H2. The van der Waals surface area contributed by atoms with Crippen LogP contribution < -0.4 is 0 Å². The summed E-state index contributed by atoms with van der Waals surface area (Å²) in [6, 6.07) is 21.9. The Kier molecular flexibility index (Phi) is 4.97. The molecule has 1 saturated heterocycles. The van der Waals surface area contributed by atoms with Crippen molar-refractivity contribution in [2.24, 2.45) is 5.92 Å². The van der Waals surface area contributed by atoms with E-state index in [0.29, 0.717) is 17.1 Å². The van der Waals surface area contributed by atoms with Crippen molar-refractivity contribution in [2.75, 3.05) is 13.1 Å². The summed E-state index contributed by atoms with van der Waals surface area (Å²) < 4.78 is 1.69. The predicted octanol–water partition coefficient (Wildman–Crippen LogP) is 3.91. The number of amides is 1. The van der Waals surface area contributed by atoms with Crippen molar-refractivity contribution in [3.05, 3.63) is 84.1 Å². The number of piperidine rings is 1. The predicted molar refractivity (Wildman–Crippen MR) is 115 cm³/mol. The molecule has 0 spiro atoms. The second-order valence-corrected chi connectivity index (χ2v) is 7.82. The number of hydrogen-bond acceptors (Lipinski definition) is 4. The van der Waals surface area contributed by atoms with Gasteiger partial charge < -0.3 is 4.90 Å². The molecule has 0 unspecified atom stereocenters. The Labute approximate surface area is 175 Å². The number of nitrogens with zero attached hydrogens (tertiary/aromatic N) is 5. The number of carbonyl (C=O) groups is 1. The van der Waals surface area contributed by atoms with E-state index in [-0.39, 0.29) is 5.91 Å². The Balaban J connectivity index is 1.24. The highest BCUT2D eigenvalue weighted by atomic mass is 16.2. The Bertz CT molecular complexity index is 1150. The lowest BCUT2D eigenvalue weighted by Crippen LogP contribution is -2.38. The lowest BCUT2D eigenvalue weighted by atomic mass is 9.90. The first kappa shape index (κ1) is 18.5. The molecule has 1 fully saturated rings. The molecule has 5 rings (SSSR count). The second kappa shape index (κ2) is 8.06. The maximum Gasteiger partial charge on any atom is 0.253 e. The average molecular weight is 397 g/mol. The summed E-state index contributed by atoms with van der Waals surface area (Å²) in [7, 11) is 0. The molecule has 6 heteroatoms. The van der Waals surface area contributed by atoms with Crippen molar-refractivity contribution in [3.8, 4) is 5.69 Å². The fourth-order valence-electron chi connectivity index (χ4n) is 4.15. The van der Waals surface area contributed by atoms with E-state index < -0.39 is 0 Å². The molecule has 2 aromatic heterocycles. The van der Waals surface area contributed by atoms with Crippen molar-refractivity contribution >= 4 is 17.1 Å². The minimum atomic E-state index is 0.0984. The molecule has 0 saturated carbocycles. The molecule has 0 N–H and O–H groups in total. The SMILES string of the molecule is O=C(c1ccc(-n2nnc3cccnc32)cc1)N1CCC(Cc2ccccc2)CC1. The van der Waals surface area contributed by atoms with Gasteiger partial charge in [-0.2, -0.15) is 4.68 Å². The zero-order valence-electron chi connectivity index (χ0n) is 16.7. The fraction of sp³-hybridized carbons (Fsp3) is 0.250. The molecular formula is C24H23N5O. The summed E-state index contributed by atoms with van der Waals surface area (Å²) in [4.78, 5) is 19.3. The maximum atomic E-state index is 13.0. The molecule has 6 nitrogen and oxygen atoms in total. The molecule has 0 bridgehead atoms. The highest BCUT2D eigenvalue weighted by Crippen LogP contribution is 2.23. The van der Waals surface area contributed by atoms with Gasteiger partial charge in [0.15, 0.2) is 5.65 Å². The van der Waals surface area contributed by atoms with Gasteiger partial charge in [0.1, 0.15) is 5.52 Å². The fourth-order valence-corrected chi connectivity index (χ4v) is 4.15. The van der Waals surface area contributed by atoms with Gasteiger partial charge in [-0.05, 0) is 67.1 Å². The number of aromatic nitrogens is 4. The van der Waals surface area contributed by atoms with Crippen molar-refractivity contribution in [1.29, 1.82) is 0 Å². The summed E-state index contributed by atoms with van der Waals surface area (Å²) in [6.45, 7) is 1.63. The van der Waals surface area contributed by atoms with E-state index >= 15 is 0 Å². The lowest BCUT2D eigenvalue weighted by molar-refractivity contribution is 0.0690. The van der Waals surface area contributed by atoms with Crippen molar-refractivity contribution in [3.63, 3.8) is 0 Å². The van der Waals surface area contributed by atoms with E-state index in [0.717, 1.165) is 43.6 Å². The summed E-state index contributed by atoms with van der Waals surface area (Å²) in [5.41, 5.74) is 4.38. The number of fused-ring (bicyclic) bond motifs is 1. The smallest absolute Gasteiger partial charge is 0.253 e. The van der Waals surface area contributed by atoms with Crippen LogP contribution in [0.2, 0.25) is 0 Å². The van der Waals surface area contributed by atoms with E-state index in [4.69, 9.17) is 0 Å². The van der Waals surface area contributed by atoms with Crippen LogP contribution in [0.5, 0.6) is 0 Å². The van der Waals surface area contributed by atoms with Gasteiger partial charge in [0.2, 0.25) is 0 Å². The Morgan fingerprint density at radius 3 is 2.47 bits per heavy atom. The highest BCUT2D eigenvalue weighted by molar-refractivity contribution is 5.94. The molecule has 1 aliphatic heterocycles. The van der Waals surface area contributed by atoms with Crippen LogP contribution in [0.1, 0.15) is 28.8 Å². The molecule has 3 heterocycles. The summed E-state index contributed by atoms with van der Waals surface area (Å²) in [5, 5.41) is 8.32. The lowest BCUT2D eigenvalue weighted by Gasteiger charge is -2.32. The first-order chi connectivity index (χ1) is 14.8. The van der Waals surface area contributed by atoms with Gasteiger partial charge in [-0.1, -0.05) is 35.5 Å². The van der Waals surface area contributed by atoms with Crippen LogP contribution in [0.4, 0.5) is 0 Å². The Morgan fingerprint density at radius 2 is 1.70 bits per heavy atom. The maximum absolute atomic E-state index is 13.0. The topological polar surface area (TPSA) is 63.9 Å². The number of rotatable bonds is 4. The van der Waals surface area contributed by atoms with Crippen LogP contribution in [0.25, 0.3) is 16.9 Å². The van der Waals surface area contributed by atoms with Crippen LogP contribution in [0, 0.1) is 5.92 Å². The van der Waals surface area contributed by atoms with Crippen molar-refractivity contribution in [2.45, 2.75) is 19.3 Å². The highest BCUT2D eigenvalue weighted by Gasteiger charge is 2.24. The number of hydrogen-bond donors (Lipinski definition) is 0. The molecule has 1 amide bonds. The normalized spacial score (nSPS) is 14.9. The third-order valence-electron chi connectivity index (χ3n) is 5.84. The number of benzene rings is 2. The van der Waals surface area contributed by atoms with Crippen LogP contribution in [0.15, 0.2) is 72.9 Å². The minimum Gasteiger partial charge on any atom is -0.339 e. The van der Waals surface area contributed by atoms with E-state index in [2.05, 4.69) is 45.6 Å². The monoisotopic (exact) mass is 397 g/mol. The largest absolute Gasteiger partial charge is 0.339 e. The van der Waals surface area contributed by atoms with Crippen LogP contribution in [-0.4, -0.2) is 43.9 Å². The Morgan fingerprint density at radius 1 is 0.933 bits per heavy atom. The molecular weight excluding hydrogens is 374 g/mol. The molecule has 150 valence electrons. The van der Waals surface area contributed by atoms with Gasteiger partial charge >= 0.3 is 0 Å². The van der Waals surface area contributed by atoms with E-state index in [1.807, 2.05) is 41.3 Å². The summed E-state index contributed by atoms with van der Waals surface area (Å²) >= 11 is 0. The summed E-state index contributed by atoms with van der Waals surface area (Å²) in [5.74, 6) is 0.744. The number of likely N-dealkylation sites (tertiary alicyclic amines) is 1. The van der Waals surface area contributed by atoms with Crippen LogP contribution in [-0.2, 0) is 6.42 Å². The van der Waals surface area contributed by atoms with Crippen LogP contribution in [0.3, 0.4) is 0 Å². The van der Waals surface area contributed by atoms with E-state index in [1.165, 1.54) is 5.56 Å². The molecule has 4 aromatic rings. The van der Waals surface area contributed by atoms with Crippen molar-refractivity contribution < 1.29 is 4.79 Å². The molecule has 2 aromatic carbocycles. The zero-order valence-corrected chi connectivity index (χ0v) is 16.7. The molecule has 0 aliphatic carbocycles. The molecule has 0 radical (unpaired) electrons. The zero-order chi connectivity index (χ0) is 20.3. The van der Waals surface area contributed by atoms with E-state index in [1.54, 1.807) is 10.9 Å².